The van der Waals surface area contributed by atoms with E-state index in [4.69, 9.17) is 18.9 Å². The lowest BCUT2D eigenvalue weighted by Crippen LogP contribution is -2.61. The summed E-state index contributed by atoms with van der Waals surface area (Å²) >= 11 is 0. The molecule has 8 heteroatoms. The van der Waals surface area contributed by atoms with E-state index < -0.39 is 41.8 Å². The topological polar surface area (TPSA) is 36.9 Å². The molecule has 0 aromatic rings. The van der Waals surface area contributed by atoms with Crippen LogP contribution in [0.4, 0.5) is 17.6 Å². The van der Waals surface area contributed by atoms with Crippen LogP contribution in [0.25, 0.3) is 0 Å². The molecule has 0 aromatic carbocycles. The fraction of sp³-hybridized carbons (Fsp3) is 0.917. The highest BCUT2D eigenvalue weighted by atomic mass is 19.3. The summed E-state index contributed by atoms with van der Waals surface area (Å²) in [7, 11) is 0. The molecule has 1 aliphatic carbocycles. The first-order valence-corrected chi connectivity index (χ1v) is 12.2. The van der Waals surface area contributed by atoms with Crippen LogP contribution in [-0.4, -0.2) is 57.3 Å². The number of rotatable bonds is 17. The molecule has 0 heterocycles. The van der Waals surface area contributed by atoms with Crippen LogP contribution < -0.4 is 0 Å². The van der Waals surface area contributed by atoms with Crippen LogP contribution in [0.3, 0.4) is 0 Å². The Balaban J connectivity index is 3.33. The van der Waals surface area contributed by atoms with Crippen LogP contribution in [0.2, 0.25) is 0 Å². The van der Waals surface area contributed by atoms with E-state index in [1.54, 1.807) is 0 Å². The Morgan fingerprint density at radius 2 is 1.19 bits per heavy atom. The molecule has 190 valence electrons. The van der Waals surface area contributed by atoms with Crippen LogP contribution in [-0.2, 0) is 18.9 Å². The van der Waals surface area contributed by atoms with E-state index in [9.17, 15) is 8.78 Å². The van der Waals surface area contributed by atoms with E-state index in [0.717, 1.165) is 25.7 Å². The minimum Gasteiger partial charge on any atom is -0.381 e. The van der Waals surface area contributed by atoms with Gasteiger partial charge in [-0.3, -0.25) is 0 Å². The summed E-state index contributed by atoms with van der Waals surface area (Å²) < 4.78 is 82.0. The zero-order chi connectivity index (χ0) is 24.0. The summed E-state index contributed by atoms with van der Waals surface area (Å²) in [4.78, 5) is 0. The second-order valence-corrected chi connectivity index (χ2v) is 8.35. The molecule has 4 atom stereocenters. The molecule has 1 rings (SSSR count). The van der Waals surface area contributed by atoms with Gasteiger partial charge in [0, 0.05) is 26.4 Å². The average molecular weight is 471 g/mol. The fourth-order valence-electron chi connectivity index (χ4n) is 3.70. The van der Waals surface area contributed by atoms with E-state index in [1.807, 2.05) is 27.7 Å². The van der Waals surface area contributed by atoms with Crippen molar-refractivity contribution in [2.75, 3.05) is 33.0 Å². The van der Waals surface area contributed by atoms with E-state index in [-0.39, 0.29) is 26.4 Å². The standard InChI is InChI=1S/C24H42F4O4/c1-5-9-13-29-17-18-20(30-14-10-6-2)22(32-16-12-8-4)21(31-15-11-7-3)19(23(25)26)24(18,27)28/h18,20-22H,5-17H2,1-4H3/t18-,20-,21+,22+/m1/s1. The number of ether oxygens (including phenoxy) is 4. The molecule has 0 bridgehead atoms. The molecular weight excluding hydrogens is 428 g/mol. The largest absolute Gasteiger partial charge is 0.381 e. The molecule has 0 saturated heterocycles. The van der Waals surface area contributed by atoms with Gasteiger partial charge in [0.25, 0.3) is 12.0 Å². The maximum Gasteiger partial charge on any atom is 0.284 e. The second-order valence-electron chi connectivity index (χ2n) is 8.35. The fourth-order valence-corrected chi connectivity index (χ4v) is 3.70. The van der Waals surface area contributed by atoms with Gasteiger partial charge in [-0.05, 0) is 25.7 Å². The zero-order valence-electron chi connectivity index (χ0n) is 20.1. The lowest BCUT2D eigenvalue weighted by Gasteiger charge is -2.47. The molecule has 1 aliphatic rings. The Hall–Kier alpha value is -0.700. The molecular formula is C24H42F4O4. The van der Waals surface area contributed by atoms with Crippen molar-refractivity contribution in [3.63, 3.8) is 0 Å². The normalized spacial score (nSPS) is 25.3. The molecule has 0 N–H and O–H groups in total. The number of unbranched alkanes of at least 4 members (excludes halogenated alkanes) is 4. The van der Waals surface area contributed by atoms with Gasteiger partial charge in [0.15, 0.2) is 0 Å². The molecule has 4 nitrogen and oxygen atoms in total. The first kappa shape index (κ1) is 29.3. The quantitative estimate of drug-likeness (QED) is 0.174. The van der Waals surface area contributed by atoms with Crippen molar-refractivity contribution >= 4 is 0 Å². The third-order valence-corrected chi connectivity index (χ3v) is 5.68. The van der Waals surface area contributed by atoms with Crippen molar-refractivity contribution in [2.45, 2.75) is 103 Å². The van der Waals surface area contributed by atoms with E-state index >= 15 is 8.78 Å². The minimum absolute atomic E-state index is 0.0982. The smallest absolute Gasteiger partial charge is 0.284 e. The summed E-state index contributed by atoms with van der Waals surface area (Å²) in [6.07, 6.45) is -0.227. The predicted molar refractivity (Wildman–Crippen MR) is 117 cm³/mol. The Bertz CT molecular complexity index is 526. The predicted octanol–water partition coefficient (Wildman–Crippen LogP) is 6.77. The number of alkyl halides is 2. The van der Waals surface area contributed by atoms with Crippen molar-refractivity contribution < 1.29 is 36.5 Å². The zero-order valence-corrected chi connectivity index (χ0v) is 20.1. The highest BCUT2D eigenvalue weighted by Crippen LogP contribution is 2.48. The maximum atomic E-state index is 15.5. The summed E-state index contributed by atoms with van der Waals surface area (Å²) in [6, 6.07) is 0. The van der Waals surface area contributed by atoms with Crippen molar-refractivity contribution in [1.29, 1.82) is 0 Å². The molecule has 0 aliphatic heterocycles. The van der Waals surface area contributed by atoms with Crippen molar-refractivity contribution in [3.8, 4) is 0 Å². The minimum atomic E-state index is -3.83. The van der Waals surface area contributed by atoms with Gasteiger partial charge in [0.1, 0.15) is 12.2 Å². The third kappa shape index (κ3) is 8.58. The van der Waals surface area contributed by atoms with Crippen molar-refractivity contribution in [2.24, 2.45) is 5.92 Å². The number of halogens is 4. The summed E-state index contributed by atoms with van der Waals surface area (Å²) in [5.41, 5.74) is -1.28. The van der Waals surface area contributed by atoms with Crippen LogP contribution in [0.5, 0.6) is 0 Å². The van der Waals surface area contributed by atoms with E-state index in [1.165, 1.54) is 0 Å². The Morgan fingerprint density at radius 1 is 0.719 bits per heavy atom. The first-order chi connectivity index (χ1) is 15.4. The molecule has 1 fully saturated rings. The Kier molecular flexibility index (Phi) is 14.7. The maximum absolute atomic E-state index is 15.5. The Labute approximate surface area is 191 Å². The van der Waals surface area contributed by atoms with Gasteiger partial charge >= 0.3 is 0 Å². The van der Waals surface area contributed by atoms with Gasteiger partial charge in [0.05, 0.1) is 24.2 Å². The summed E-state index contributed by atoms with van der Waals surface area (Å²) in [5.74, 6) is -5.41. The number of hydrogen-bond acceptors (Lipinski definition) is 4. The van der Waals surface area contributed by atoms with Gasteiger partial charge in [-0.1, -0.05) is 53.4 Å². The van der Waals surface area contributed by atoms with Gasteiger partial charge in [-0.2, -0.15) is 8.78 Å². The van der Waals surface area contributed by atoms with Gasteiger partial charge in [-0.25, -0.2) is 8.78 Å². The lowest BCUT2D eigenvalue weighted by molar-refractivity contribution is -0.226. The van der Waals surface area contributed by atoms with Crippen LogP contribution in [0.1, 0.15) is 79.1 Å². The molecule has 1 saturated carbocycles. The summed E-state index contributed by atoms with van der Waals surface area (Å²) in [6.45, 7) is 8.34. The van der Waals surface area contributed by atoms with E-state index in [2.05, 4.69) is 0 Å². The van der Waals surface area contributed by atoms with Crippen LogP contribution in [0.15, 0.2) is 11.7 Å². The third-order valence-electron chi connectivity index (χ3n) is 5.68. The highest BCUT2D eigenvalue weighted by molar-refractivity contribution is 5.28. The molecule has 0 spiro atoms. The Morgan fingerprint density at radius 3 is 1.69 bits per heavy atom. The SMILES string of the molecule is CCCCOC[C@@H]1[C@@H](OCCCC)[C@H](OCCCC)[C@@H](OCCCC)C(=C(F)F)C1(F)F. The van der Waals surface area contributed by atoms with Gasteiger partial charge < -0.3 is 18.9 Å². The monoisotopic (exact) mass is 470 g/mol. The molecule has 0 aromatic heterocycles. The highest BCUT2D eigenvalue weighted by Gasteiger charge is 2.61. The van der Waals surface area contributed by atoms with Gasteiger partial charge in [0.2, 0.25) is 0 Å². The molecule has 0 amide bonds. The second kappa shape index (κ2) is 16.0. The van der Waals surface area contributed by atoms with Crippen LogP contribution >= 0.6 is 0 Å². The average Bonchev–Trinajstić information content (AvgIpc) is 2.74. The number of hydrogen-bond donors (Lipinski definition) is 0. The molecule has 0 radical (unpaired) electrons. The molecule has 32 heavy (non-hydrogen) atoms. The first-order valence-electron chi connectivity index (χ1n) is 12.2. The van der Waals surface area contributed by atoms with Crippen LogP contribution in [0, 0.1) is 5.92 Å². The summed E-state index contributed by atoms with van der Waals surface area (Å²) in [5, 5.41) is 0. The van der Waals surface area contributed by atoms with E-state index in [0.29, 0.717) is 32.3 Å². The molecule has 0 unspecified atom stereocenters. The lowest BCUT2D eigenvalue weighted by atomic mass is 9.76. The van der Waals surface area contributed by atoms with Crippen molar-refractivity contribution in [1.82, 2.24) is 0 Å². The van der Waals surface area contributed by atoms with Gasteiger partial charge in [-0.15, -0.1) is 0 Å². The van der Waals surface area contributed by atoms with Crippen molar-refractivity contribution in [3.05, 3.63) is 11.7 Å².